The minimum absolute atomic E-state index is 0.424. The van der Waals surface area contributed by atoms with Gasteiger partial charge in [-0.1, -0.05) is 18.2 Å². The van der Waals surface area contributed by atoms with Gasteiger partial charge in [0.15, 0.2) is 0 Å². The van der Waals surface area contributed by atoms with Crippen molar-refractivity contribution in [1.82, 2.24) is 0 Å². The highest BCUT2D eigenvalue weighted by Crippen LogP contribution is 2.43. The second-order valence-corrected chi connectivity index (χ2v) is 4.81. The number of hydrogen-bond donors (Lipinski definition) is 1. The van der Waals surface area contributed by atoms with E-state index in [2.05, 4.69) is 30.3 Å². The third kappa shape index (κ3) is 1.18. The van der Waals surface area contributed by atoms with E-state index in [9.17, 15) is 0 Å². The predicted octanol–water partition coefficient (Wildman–Crippen LogP) is 2.72. The van der Waals surface area contributed by atoms with Gasteiger partial charge in [-0.3, -0.25) is 0 Å². The lowest BCUT2D eigenvalue weighted by Gasteiger charge is -1.86. The molecule has 1 fully saturated rings. The number of nitrogens with two attached hydrogens (primary N) is 1. The molecule has 2 aromatic rings. The van der Waals surface area contributed by atoms with E-state index in [-0.39, 0.29) is 0 Å². The number of rotatable bonds is 1. The van der Waals surface area contributed by atoms with Crippen LogP contribution in [0.15, 0.2) is 30.3 Å². The Kier molecular flexibility index (Phi) is 1.49. The predicted molar refractivity (Wildman–Crippen MR) is 57.2 cm³/mol. The van der Waals surface area contributed by atoms with Gasteiger partial charge >= 0.3 is 0 Å². The molecule has 3 rings (SSSR count). The molecule has 2 heteroatoms. The molecule has 1 aromatic heterocycles. The van der Waals surface area contributed by atoms with Gasteiger partial charge < -0.3 is 5.73 Å². The van der Waals surface area contributed by atoms with Crippen molar-refractivity contribution < 1.29 is 0 Å². The molecule has 2 atom stereocenters. The maximum Gasteiger partial charge on any atom is 0.0345 e. The molecule has 66 valence electrons. The summed E-state index contributed by atoms with van der Waals surface area (Å²) in [5.41, 5.74) is 5.83. The largest absolute Gasteiger partial charge is 0.327 e. The van der Waals surface area contributed by atoms with Gasteiger partial charge in [-0.15, -0.1) is 11.3 Å². The van der Waals surface area contributed by atoms with E-state index in [1.165, 1.54) is 21.4 Å². The minimum atomic E-state index is 0.424. The van der Waals surface area contributed by atoms with Crippen molar-refractivity contribution in [3.05, 3.63) is 35.2 Å². The van der Waals surface area contributed by atoms with E-state index in [1.54, 1.807) is 0 Å². The normalized spacial score (nSPS) is 26.5. The first kappa shape index (κ1) is 7.54. The van der Waals surface area contributed by atoms with Gasteiger partial charge in [0, 0.05) is 21.5 Å². The smallest absolute Gasteiger partial charge is 0.0345 e. The highest BCUT2D eigenvalue weighted by Gasteiger charge is 2.35. The molecule has 0 radical (unpaired) electrons. The second kappa shape index (κ2) is 2.56. The first-order valence-corrected chi connectivity index (χ1v) is 5.40. The number of hydrogen-bond acceptors (Lipinski definition) is 2. The molecule has 1 aliphatic carbocycles. The van der Waals surface area contributed by atoms with Gasteiger partial charge in [-0.25, -0.2) is 0 Å². The summed E-state index contributed by atoms with van der Waals surface area (Å²) < 4.78 is 1.39. The Labute approximate surface area is 81.2 Å². The minimum Gasteiger partial charge on any atom is -0.327 e. The van der Waals surface area contributed by atoms with Crippen LogP contribution in [-0.2, 0) is 0 Å². The van der Waals surface area contributed by atoms with Gasteiger partial charge in [0.05, 0.1) is 0 Å². The molecule has 2 N–H and O–H groups in total. The van der Waals surface area contributed by atoms with Gasteiger partial charge in [-0.2, -0.15) is 0 Å². The molecular formula is C11H11NS. The maximum absolute atomic E-state index is 5.83. The monoisotopic (exact) mass is 189 g/mol. The fourth-order valence-corrected chi connectivity index (χ4v) is 2.98. The van der Waals surface area contributed by atoms with Crippen LogP contribution in [0.25, 0.3) is 10.1 Å². The van der Waals surface area contributed by atoms with Crippen molar-refractivity contribution in [3.63, 3.8) is 0 Å². The molecule has 1 aromatic carbocycles. The van der Waals surface area contributed by atoms with Gasteiger partial charge in [0.25, 0.3) is 0 Å². The van der Waals surface area contributed by atoms with Crippen LogP contribution in [0.2, 0.25) is 0 Å². The van der Waals surface area contributed by atoms with Crippen LogP contribution in [0.1, 0.15) is 17.2 Å². The van der Waals surface area contributed by atoms with Crippen molar-refractivity contribution in [3.8, 4) is 0 Å². The average molecular weight is 189 g/mol. The van der Waals surface area contributed by atoms with E-state index in [4.69, 9.17) is 5.73 Å². The lowest BCUT2D eigenvalue weighted by Crippen LogP contribution is -1.99. The second-order valence-electron chi connectivity index (χ2n) is 3.69. The van der Waals surface area contributed by atoms with Crippen molar-refractivity contribution in [2.24, 2.45) is 5.73 Å². The van der Waals surface area contributed by atoms with E-state index < -0.39 is 0 Å². The molecule has 0 aliphatic heterocycles. The Morgan fingerprint density at radius 3 is 2.77 bits per heavy atom. The summed E-state index contributed by atoms with van der Waals surface area (Å²) in [6.07, 6.45) is 1.17. The third-order valence-electron chi connectivity index (χ3n) is 2.65. The molecule has 0 spiro atoms. The zero-order valence-electron chi connectivity index (χ0n) is 7.23. The number of fused-ring (bicyclic) bond motifs is 1. The van der Waals surface area contributed by atoms with Crippen molar-refractivity contribution in [1.29, 1.82) is 0 Å². The maximum atomic E-state index is 5.83. The van der Waals surface area contributed by atoms with Crippen LogP contribution < -0.4 is 5.73 Å². The third-order valence-corrected chi connectivity index (χ3v) is 3.90. The lowest BCUT2D eigenvalue weighted by atomic mass is 10.2. The number of benzene rings is 1. The van der Waals surface area contributed by atoms with Crippen LogP contribution in [0.4, 0.5) is 0 Å². The van der Waals surface area contributed by atoms with E-state index in [0.717, 1.165) is 0 Å². The average Bonchev–Trinajstić information content (AvgIpc) is 2.74. The number of thiophene rings is 1. The topological polar surface area (TPSA) is 26.0 Å². The summed E-state index contributed by atoms with van der Waals surface area (Å²) in [6, 6.07) is 11.2. The summed E-state index contributed by atoms with van der Waals surface area (Å²) in [7, 11) is 0. The van der Waals surface area contributed by atoms with Crippen molar-refractivity contribution in [2.45, 2.75) is 18.4 Å². The first-order chi connectivity index (χ1) is 6.34. The van der Waals surface area contributed by atoms with Crippen LogP contribution in [-0.4, -0.2) is 6.04 Å². The van der Waals surface area contributed by atoms with Gasteiger partial charge in [-0.05, 0) is 23.9 Å². The summed E-state index contributed by atoms with van der Waals surface area (Å²) in [5, 5.41) is 1.36. The summed E-state index contributed by atoms with van der Waals surface area (Å²) >= 11 is 1.89. The Balaban J connectivity index is 2.12. The van der Waals surface area contributed by atoms with Crippen LogP contribution in [0.3, 0.4) is 0 Å². The van der Waals surface area contributed by atoms with Crippen LogP contribution >= 0.6 is 11.3 Å². The summed E-state index contributed by atoms with van der Waals surface area (Å²) in [4.78, 5) is 1.47. The standard InChI is InChI=1S/C11H11NS/c12-9-6-8(9)11-5-7-3-1-2-4-10(7)13-11/h1-5,8-9H,6,12H2/t8-,9-/m1/s1. The van der Waals surface area contributed by atoms with E-state index >= 15 is 0 Å². The highest BCUT2D eigenvalue weighted by atomic mass is 32.1. The molecule has 13 heavy (non-hydrogen) atoms. The fourth-order valence-electron chi connectivity index (χ4n) is 1.73. The highest BCUT2D eigenvalue weighted by molar-refractivity contribution is 7.19. The summed E-state index contributed by atoms with van der Waals surface area (Å²) in [6.45, 7) is 0. The molecular weight excluding hydrogens is 178 g/mol. The zero-order chi connectivity index (χ0) is 8.84. The van der Waals surface area contributed by atoms with E-state index in [1.807, 2.05) is 11.3 Å². The van der Waals surface area contributed by atoms with Crippen LogP contribution in [0.5, 0.6) is 0 Å². The quantitative estimate of drug-likeness (QED) is 0.733. The fraction of sp³-hybridized carbons (Fsp3) is 0.273. The SMILES string of the molecule is N[C@@H]1C[C@H]1c1cc2ccccc2s1. The lowest BCUT2D eigenvalue weighted by molar-refractivity contribution is 1.01. The first-order valence-electron chi connectivity index (χ1n) is 4.58. The Bertz CT molecular complexity index is 413. The molecule has 1 nitrogen and oxygen atoms in total. The molecule has 1 saturated carbocycles. The van der Waals surface area contributed by atoms with Crippen molar-refractivity contribution >= 4 is 21.4 Å². The zero-order valence-corrected chi connectivity index (χ0v) is 8.05. The van der Waals surface area contributed by atoms with Crippen molar-refractivity contribution in [2.75, 3.05) is 0 Å². The molecule has 0 saturated heterocycles. The molecule has 0 unspecified atom stereocenters. The van der Waals surface area contributed by atoms with Crippen LogP contribution in [0, 0.1) is 0 Å². The van der Waals surface area contributed by atoms with Gasteiger partial charge in [0.2, 0.25) is 0 Å². The molecule has 0 amide bonds. The van der Waals surface area contributed by atoms with E-state index in [0.29, 0.717) is 12.0 Å². The Morgan fingerprint density at radius 2 is 2.08 bits per heavy atom. The Morgan fingerprint density at radius 1 is 1.31 bits per heavy atom. The van der Waals surface area contributed by atoms with Gasteiger partial charge in [0.1, 0.15) is 0 Å². The molecule has 1 aliphatic rings. The molecule has 1 heterocycles. The molecule has 0 bridgehead atoms. The summed E-state index contributed by atoms with van der Waals surface area (Å²) in [5.74, 6) is 0.650. The Hall–Kier alpha value is -0.860.